The minimum Gasteiger partial charge on any atom is -0.491 e. The van der Waals surface area contributed by atoms with Gasteiger partial charge in [-0.3, -0.25) is 0 Å². The molecule has 0 aliphatic carbocycles. The van der Waals surface area contributed by atoms with E-state index >= 15 is 0 Å². The third-order valence-corrected chi connectivity index (χ3v) is 4.83. The average molecular weight is 420 g/mol. The van der Waals surface area contributed by atoms with E-state index in [9.17, 15) is 4.79 Å². The Kier molecular flexibility index (Phi) is 8.21. The van der Waals surface area contributed by atoms with Crippen molar-refractivity contribution in [1.82, 2.24) is 4.90 Å². The maximum atomic E-state index is 13.5. The van der Waals surface area contributed by atoms with E-state index in [0.717, 1.165) is 16.9 Å². The van der Waals surface area contributed by atoms with E-state index in [4.69, 9.17) is 14.2 Å². The van der Waals surface area contributed by atoms with E-state index in [1.54, 1.807) is 0 Å². The normalized spacial score (nSPS) is 11.3. The van der Waals surface area contributed by atoms with Gasteiger partial charge in [-0.2, -0.15) is 0 Å². The van der Waals surface area contributed by atoms with Gasteiger partial charge in [0.15, 0.2) is 0 Å². The van der Waals surface area contributed by atoms with Crippen molar-refractivity contribution in [2.75, 3.05) is 40.5 Å². The van der Waals surface area contributed by atoms with Gasteiger partial charge in [0.2, 0.25) is 5.60 Å². The summed E-state index contributed by atoms with van der Waals surface area (Å²) in [4.78, 5) is 15.5. The number of nitrogens with zero attached hydrogens (tertiary/aromatic N) is 1. The van der Waals surface area contributed by atoms with Crippen molar-refractivity contribution in [3.63, 3.8) is 0 Å². The largest absolute Gasteiger partial charge is 0.491 e. The molecule has 5 heteroatoms. The maximum Gasteiger partial charge on any atom is 0.347 e. The summed E-state index contributed by atoms with van der Waals surface area (Å²) < 4.78 is 17.8. The average Bonchev–Trinajstić information content (AvgIpc) is 2.81. The van der Waals surface area contributed by atoms with Crippen molar-refractivity contribution in [2.45, 2.75) is 5.60 Å². The van der Waals surface area contributed by atoms with Gasteiger partial charge >= 0.3 is 5.97 Å². The minimum atomic E-state index is -1.38. The van der Waals surface area contributed by atoms with E-state index in [0.29, 0.717) is 13.2 Å². The summed E-state index contributed by atoms with van der Waals surface area (Å²) in [5.41, 5.74) is 0.0565. The number of rotatable bonds is 11. The van der Waals surface area contributed by atoms with Crippen LogP contribution in [0.1, 0.15) is 11.1 Å². The molecule has 0 heterocycles. The van der Waals surface area contributed by atoms with Crippen LogP contribution in [0.15, 0.2) is 91.0 Å². The van der Waals surface area contributed by atoms with Crippen LogP contribution < -0.4 is 4.74 Å². The highest BCUT2D eigenvalue weighted by atomic mass is 16.6. The van der Waals surface area contributed by atoms with Gasteiger partial charge in [-0.25, -0.2) is 4.79 Å². The summed E-state index contributed by atoms with van der Waals surface area (Å²) >= 11 is 0. The summed E-state index contributed by atoms with van der Waals surface area (Å²) in [6.07, 6.45) is 0. The van der Waals surface area contributed by atoms with Gasteiger partial charge in [0.25, 0.3) is 0 Å². The molecule has 3 aromatic carbocycles. The zero-order chi connectivity index (χ0) is 21.9. The molecule has 162 valence electrons. The molecule has 0 aliphatic heterocycles. The molecule has 0 radical (unpaired) electrons. The lowest BCUT2D eigenvalue weighted by Crippen LogP contribution is -2.43. The quantitative estimate of drug-likeness (QED) is 0.345. The Morgan fingerprint density at radius 3 is 1.77 bits per heavy atom. The molecule has 0 aliphatic rings. The second-order valence-electron chi connectivity index (χ2n) is 7.36. The monoisotopic (exact) mass is 419 g/mol. The summed E-state index contributed by atoms with van der Waals surface area (Å²) in [5.74, 6) is 0.316. The Morgan fingerprint density at radius 1 is 0.742 bits per heavy atom. The molecule has 0 N–H and O–H groups in total. The third-order valence-electron chi connectivity index (χ3n) is 4.83. The number of hydrogen-bond donors (Lipinski definition) is 0. The predicted molar refractivity (Wildman–Crippen MR) is 121 cm³/mol. The molecule has 0 bridgehead atoms. The topological polar surface area (TPSA) is 48.0 Å². The van der Waals surface area contributed by atoms with Crippen LogP contribution in [-0.2, 0) is 19.9 Å². The first-order valence-electron chi connectivity index (χ1n) is 10.4. The van der Waals surface area contributed by atoms with E-state index in [-0.39, 0.29) is 13.2 Å². The molecule has 0 saturated heterocycles. The first kappa shape index (κ1) is 22.5. The molecule has 5 nitrogen and oxygen atoms in total. The summed E-state index contributed by atoms with van der Waals surface area (Å²) in [6.45, 7) is 1.41. The van der Waals surface area contributed by atoms with E-state index in [1.807, 2.05) is 110 Å². The molecule has 3 aromatic rings. The van der Waals surface area contributed by atoms with Gasteiger partial charge in [-0.1, -0.05) is 78.9 Å². The lowest BCUT2D eigenvalue weighted by molar-refractivity contribution is -0.169. The lowest BCUT2D eigenvalue weighted by atomic mass is 9.86. The zero-order valence-corrected chi connectivity index (χ0v) is 18.1. The Bertz CT molecular complexity index is 874. The molecule has 0 unspecified atom stereocenters. The van der Waals surface area contributed by atoms with Crippen molar-refractivity contribution >= 4 is 5.97 Å². The number of carbonyl (C=O) groups is 1. The predicted octanol–water partition coefficient (Wildman–Crippen LogP) is 4.13. The van der Waals surface area contributed by atoms with Crippen molar-refractivity contribution < 1.29 is 19.0 Å². The number of carbonyl (C=O) groups excluding carboxylic acids is 1. The highest BCUT2D eigenvalue weighted by Gasteiger charge is 2.45. The van der Waals surface area contributed by atoms with Crippen molar-refractivity contribution in [1.29, 1.82) is 0 Å². The number of ether oxygens (including phenoxy) is 3. The molecular weight excluding hydrogens is 390 g/mol. The number of hydrogen-bond acceptors (Lipinski definition) is 5. The van der Waals surface area contributed by atoms with E-state index in [2.05, 4.69) is 0 Å². The van der Waals surface area contributed by atoms with Crippen LogP contribution in [0, 0.1) is 0 Å². The minimum absolute atomic E-state index is 0.210. The van der Waals surface area contributed by atoms with Crippen LogP contribution in [0.25, 0.3) is 0 Å². The van der Waals surface area contributed by atoms with Gasteiger partial charge < -0.3 is 19.1 Å². The lowest BCUT2D eigenvalue weighted by Gasteiger charge is -2.33. The van der Waals surface area contributed by atoms with Gasteiger partial charge in [-0.05, 0) is 37.4 Å². The van der Waals surface area contributed by atoms with E-state index < -0.39 is 11.6 Å². The molecule has 0 spiro atoms. The van der Waals surface area contributed by atoms with Gasteiger partial charge in [-0.15, -0.1) is 0 Å². The Morgan fingerprint density at radius 2 is 1.26 bits per heavy atom. The molecule has 31 heavy (non-hydrogen) atoms. The van der Waals surface area contributed by atoms with Crippen molar-refractivity contribution in [2.24, 2.45) is 0 Å². The second-order valence-corrected chi connectivity index (χ2v) is 7.36. The molecule has 0 atom stereocenters. The maximum absolute atomic E-state index is 13.5. The van der Waals surface area contributed by atoms with Crippen LogP contribution in [0.4, 0.5) is 0 Å². The smallest absolute Gasteiger partial charge is 0.347 e. The van der Waals surface area contributed by atoms with Crippen molar-refractivity contribution in [3.05, 3.63) is 102 Å². The fraction of sp³-hybridized carbons (Fsp3) is 0.269. The highest BCUT2D eigenvalue weighted by molar-refractivity contribution is 5.85. The molecule has 0 saturated carbocycles. The summed E-state index contributed by atoms with van der Waals surface area (Å²) in [6, 6.07) is 28.5. The van der Waals surface area contributed by atoms with Crippen LogP contribution in [0.3, 0.4) is 0 Å². The summed E-state index contributed by atoms with van der Waals surface area (Å²) in [5, 5.41) is 0. The molecule has 0 fully saturated rings. The Balaban J connectivity index is 1.87. The van der Waals surface area contributed by atoms with Gasteiger partial charge in [0, 0.05) is 6.54 Å². The summed E-state index contributed by atoms with van der Waals surface area (Å²) in [7, 11) is 3.87. The van der Waals surface area contributed by atoms with Crippen LogP contribution in [-0.4, -0.2) is 51.3 Å². The molecular formula is C26H29NO4. The van der Waals surface area contributed by atoms with Crippen LogP contribution in [0.2, 0.25) is 0 Å². The molecule has 0 aromatic heterocycles. The number of esters is 1. The number of benzene rings is 3. The highest BCUT2D eigenvalue weighted by Crippen LogP contribution is 2.35. The Hall–Kier alpha value is -3.15. The SMILES string of the molecule is CN(C)CCOC(=O)C(OCCOc1ccccc1)(c1ccccc1)c1ccccc1. The third kappa shape index (κ3) is 5.94. The Labute approximate surface area is 184 Å². The van der Waals surface area contributed by atoms with E-state index in [1.165, 1.54) is 0 Å². The van der Waals surface area contributed by atoms with Gasteiger partial charge in [0.05, 0.1) is 6.61 Å². The van der Waals surface area contributed by atoms with Gasteiger partial charge in [0.1, 0.15) is 19.0 Å². The zero-order valence-electron chi connectivity index (χ0n) is 18.1. The number of para-hydroxylation sites is 1. The second kappa shape index (κ2) is 11.3. The standard InChI is InChI=1S/C26H29NO4/c1-27(2)18-19-30-25(28)26(22-12-6-3-7-13-22,23-14-8-4-9-15-23)31-21-20-29-24-16-10-5-11-17-24/h3-17H,18-21H2,1-2H3. The number of likely N-dealkylation sites (N-methyl/N-ethyl adjacent to an activating group) is 1. The van der Waals surface area contributed by atoms with Crippen LogP contribution in [0.5, 0.6) is 5.75 Å². The first-order valence-corrected chi connectivity index (χ1v) is 10.4. The fourth-order valence-corrected chi connectivity index (χ4v) is 3.27. The van der Waals surface area contributed by atoms with Crippen LogP contribution >= 0.6 is 0 Å². The first-order chi connectivity index (χ1) is 15.1. The fourth-order valence-electron chi connectivity index (χ4n) is 3.27. The molecule has 3 rings (SSSR count). The van der Waals surface area contributed by atoms with Crippen molar-refractivity contribution in [3.8, 4) is 5.75 Å². The molecule has 0 amide bonds.